The van der Waals surface area contributed by atoms with Crippen LogP contribution in [0.4, 0.5) is 0 Å². The molecule has 0 spiro atoms. The molecule has 0 aliphatic carbocycles. The average molecular weight is 447 g/mol. The molecule has 0 aliphatic rings. The number of nitrogens with one attached hydrogen (secondary N) is 1. The summed E-state index contributed by atoms with van der Waals surface area (Å²) in [5, 5.41) is 11.4. The standard InChI is InChI=1S/C20H22N4O2S3/c1-5-10(2)9-13-11(3)28-19-15(13)16(25)21-20(22-19)29-12(4)17-23-24-18(26-17)14-7-6-8-27-14/h6-8,10,12H,5,9H2,1-4H3,(H,21,22,25)/t10-,12+/m1/s1. The second kappa shape index (κ2) is 8.41. The predicted octanol–water partition coefficient (Wildman–Crippen LogP) is 5.85. The molecule has 152 valence electrons. The highest BCUT2D eigenvalue weighted by Crippen LogP contribution is 2.36. The van der Waals surface area contributed by atoms with Crippen molar-refractivity contribution >= 4 is 44.7 Å². The normalized spacial score (nSPS) is 13.8. The molecule has 4 aromatic rings. The number of nitrogens with zero attached hydrogens (tertiary/aromatic N) is 3. The van der Waals surface area contributed by atoms with Crippen molar-refractivity contribution in [2.45, 2.75) is 50.9 Å². The summed E-state index contributed by atoms with van der Waals surface area (Å²) in [4.78, 5) is 23.4. The van der Waals surface area contributed by atoms with Crippen LogP contribution in [-0.2, 0) is 6.42 Å². The van der Waals surface area contributed by atoms with Crippen molar-refractivity contribution in [2.24, 2.45) is 5.92 Å². The molecule has 0 fully saturated rings. The number of aryl methyl sites for hydroxylation is 1. The summed E-state index contributed by atoms with van der Waals surface area (Å²) in [5.41, 5.74) is 1.06. The van der Waals surface area contributed by atoms with Gasteiger partial charge in [0.15, 0.2) is 5.16 Å². The Morgan fingerprint density at radius 1 is 1.31 bits per heavy atom. The van der Waals surface area contributed by atoms with Gasteiger partial charge in [-0.05, 0) is 43.2 Å². The van der Waals surface area contributed by atoms with Gasteiger partial charge in [-0.15, -0.1) is 32.9 Å². The third-order valence-electron chi connectivity index (χ3n) is 4.90. The minimum atomic E-state index is -0.127. The van der Waals surface area contributed by atoms with E-state index in [1.807, 2.05) is 24.4 Å². The number of H-pyrrole nitrogens is 1. The maximum atomic E-state index is 12.8. The third-order valence-corrected chi connectivity index (χ3v) is 7.77. The zero-order valence-electron chi connectivity index (χ0n) is 16.7. The van der Waals surface area contributed by atoms with E-state index in [-0.39, 0.29) is 10.8 Å². The van der Waals surface area contributed by atoms with Crippen molar-refractivity contribution < 1.29 is 4.42 Å². The molecule has 29 heavy (non-hydrogen) atoms. The fourth-order valence-corrected chi connectivity index (χ4v) is 5.65. The lowest BCUT2D eigenvalue weighted by Gasteiger charge is -2.08. The molecule has 0 aliphatic heterocycles. The van der Waals surface area contributed by atoms with E-state index in [1.165, 1.54) is 16.6 Å². The van der Waals surface area contributed by atoms with Gasteiger partial charge in [0.2, 0.25) is 5.89 Å². The van der Waals surface area contributed by atoms with Crippen molar-refractivity contribution in [1.29, 1.82) is 0 Å². The van der Waals surface area contributed by atoms with Gasteiger partial charge >= 0.3 is 0 Å². The first-order valence-corrected chi connectivity index (χ1v) is 12.1. The Morgan fingerprint density at radius 3 is 2.86 bits per heavy atom. The van der Waals surface area contributed by atoms with Gasteiger partial charge in [0.1, 0.15) is 4.83 Å². The van der Waals surface area contributed by atoms with E-state index in [1.54, 1.807) is 22.7 Å². The zero-order valence-corrected chi connectivity index (χ0v) is 19.1. The molecule has 2 atom stereocenters. The fraction of sp³-hybridized carbons (Fsp3) is 0.400. The smallest absolute Gasteiger partial charge is 0.260 e. The fourth-order valence-electron chi connectivity index (χ4n) is 3.07. The number of thioether (sulfide) groups is 1. The van der Waals surface area contributed by atoms with Gasteiger partial charge in [-0.2, -0.15) is 0 Å². The highest BCUT2D eigenvalue weighted by molar-refractivity contribution is 7.99. The molecule has 1 N–H and O–H groups in total. The van der Waals surface area contributed by atoms with Gasteiger partial charge in [0, 0.05) is 4.88 Å². The monoisotopic (exact) mass is 446 g/mol. The van der Waals surface area contributed by atoms with E-state index in [0.29, 0.717) is 22.9 Å². The van der Waals surface area contributed by atoms with Crippen molar-refractivity contribution in [1.82, 2.24) is 20.2 Å². The summed E-state index contributed by atoms with van der Waals surface area (Å²) in [7, 11) is 0. The molecule has 0 unspecified atom stereocenters. The lowest BCUT2D eigenvalue weighted by Crippen LogP contribution is -2.11. The number of rotatable bonds is 7. The van der Waals surface area contributed by atoms with Gasteiger partial charge in [0.25, 0.3) is 11.4 Å². The van der Waals surface area contributed by atoms with Crippen LogP contribution in [0.5, 0.6) is 0 Å². The molecular weight excluding hydrogens is 424 g/mol. The quantitative estimate of drug-likeness (QED) is 0.283. The van der Waals surface area contributed by atoms with E-state index < -0.39 is 0 Å². The number of aromatic amines is 1. The average Bonchev–Trinajstić information content (AvgIpc) is 3.41. The molecule has 9 heteroatoms. The minimum absolute atomic E-state index is 0.0721. The van der Waals surface area contributed by atoms with E-state index in [2.05, 4.69) is 36.0 Å². The van der Waals surface area contributed by atoms with Gasteiger partial charge in [-0.1, -0.05) is 38.1 Å². The van der Waals surface area contributed by atoms with E-state index in [0.717, 1.165) is 33.5 Å². The zero-order chi connectivity index (χ0) is 20.5. The van der Waals surface area contributed by atoms with Crippen LogP contribution in [-0.4, -0.2) is 20.2 Å². The van der Waals surface area contributed by atoms with Crippen molar-refractivity contribution in [3.63, 3.8) is 0 Å². The van der Waals surface area contributed by atoms with Crippen LogP contribution in [0.2, 0.25) is 0 Å². The minimum Gasteiger partial charge on any atom is -0.419 e. The molecular formula is C20H22N4O2S3. The molecule has 0 bridgehead atoms. The largest absolute Gasteiger partial charge is 0.419 e. The summed E-state index contributed by atoms with van der Waals surface area (Å²) in [6.45, 7) is 8.43. The van der Waals surface area contributed by atoms with Crippen LogP contribution in [0.3, 0.4) is 0 Å². The van der Waals surface area contributed by atoms with Crippen LogP contribution in [0.25, 0.3) is 21.0 Å². The van der Waals surface area contributed by atoms with Crippen LogP contribution >= 0.6 is 34.4 Å². The molecule has 0 saturated carbocycles. The summed E-state index contributed by atoms with van der Waals surface area (Å²) in [6.07, 6.45) is 1.99. The van der Waals surface area contributed by atoms with Crippen LogP contribution < -0.4 is 5.56 Å². The summed E-state index contributed by atoms with van der Waals surface area (Å²) < 4.78 is 5.81. The second-order valence-electron chi connectivity index (χ2n) is 7.09. The summed E-state index contributed by atoms with van der Waals surface area (Å²) in [5.74, 6) is 1.57. The summed E-state index contributed by atoms with van der Waals surface area (Å²) >= 11 is 4.56. The van der Waals surface area contributed by atoms with Gasteiger partial charge in [-0.25, -0.2) is 4.98 Å². The van der Waals surface area contributed by atoms with Gasteiger partial charge in [-0.3, -0.25) is 4.79 Å². The SMILES string of the molecule is CC[C@@H](C)Cc1c(C)sc2nc(S[C@@H](C)c3nnc(-c4cccs4)o3)[nH]c(=O)c12. The Bertz CT molecular complexity index is 1180. The number of aromatic nitrogens is 4. The number of fused-ring (bicyclic) bond motifs is 1. The van der Waals surface area contributed by atoms with Crippen LogP contribution in [0.1, 0.15) is 48.8 Å². The lowest BCUT2D eigenvalue weighted by atomic mass is 9.98. The molecule has 4 rings (SSSR count). The number of hydrogen-bond acceptors (Lipinski definition) is 8. The van der Waals surface area contributed by atoms with Gasteiger partial charge in [0.05, 0.1) is 15.5 Å². The second-order valence-corrected chi connectivity index (χ2v) is 10.6. The molecule has 0 radical (unpaired) electrons. The van der Waals surface area contributed by atoms with Crippen molar-refractivity contribution in [3.05, 3.63) is 44.2 Å². The number of thiophene rings is 2. The topological polar surface area (TPSA) is 84.7 Å². The Kier molecular flexibility index (Phi) is 5.89. The predicted molar refractivity (Wildman–Crippen MR) is 120 cm³/mol. The first-order valence-electron chi connectivity index (χ1n) is 9.52. The van der Waals surface area contributed by atoms with Crippen LogP contribution in [0.15, 0.2) is 31.9 Å². The molecule has 0 saturated heterocycles. The Labute approximate surface area is 180 Å². The first-order chi connectivity index (χ1) is 14.0. The molecule has 6 nitrogen and oxygen atoms in total. The molecule has 0 amide bonds. The molecule has 4 heterocycles. The van der Waals surface area contributed by atoms with Gasteiger partial charge < -0.3 is 9.40 Å². The maximum Gasteiger partial charge on any atom is 0.260 e. The highest BCUT2D eigenvalue weighted by atomic mass is 32.2. The maximum absolute atomic E-state index is 12.8. The molecule has 0 aromatic carbocycles. The first kappa shape index (κ1) is 20.3. The van der Waals surface area contributed by atoms with Crippen molar-refractivity contribution in [3.8, 4) is 10.8 Å². The lowest BCUT2D eigenvalue weighted by molar-refractivity contribution is 0.510. The Morgan fingerprint density at radius 2 is 2.14 bits per heavy atom. The van der Waals surface area contributed by atoms with E-state index in [4.69, 9.17) is 9.40 Å². The Balaban J connectivity index is 1.59. The van der Waals surface area contributed by atoms with E-state index >= 15 is 0 Å². The number of hydrogen-bond donors (Lipinski definition) is 1. The summed E-state index contributed by atoms with van der Waals surface area (Å²) in [6, 6.07) is 3.90. The van der Waals surface area contributed by atoms with Crippen LogP contribution in [0, 0.1) is 12.8 Å². The highest BCUT2D eigenvalue weighted by Gasteiger charge is 2.21. The van der Waals surface area contributed by atoms with Crippen molar-refractivity contribution in [2.75, 3.05) is 0 Å². The molecule has 4 aromatic heterocycles. The third kappa shape index (κ3) is 4.17. The van der Waals surface area contributed by atoms with E-state index in [9.17, 15) is 4.79 Å². The Hall–Kier alpha value is -1.97.